The molecule has 6 nitrogen and oxygen atoms in total. The van der Waals surface area contributed by atoms with Gasteiger partial charge in [0.05, 0.1) is 18.0 Å². The lowest BCUT2D eigenvalue weighted by Crippen LogP contribution is -2.41. The summed E-state index contributed by atoms with van der Waals surface area (Å²) in [6.07, 6.45) is -0.650. The molecule has 146 valence electrons. The van der Waals surface area contributed by atoms with Gasteiger partial charge in [0.25, 0.3) is 0 Å². The van der Waals surface area contributed by atoms with Crippen molar-refractivity contribution in [1.82, 2.24) is 5.32 Å². The number of halogens is 2. The van der Waals surface area contributed by atoms with Crippen molar-refractivity contribution < 1.29 is 14.3 Å². The van der Waals surface area contributed by atoms with E-state index in [1.54, 1.807) is 12.1 Å². The highest BCUT2D eigenvalue weighted by Crippen LogP contribution is 2.41. The van der Waals surface area contributed by atoms with Crippen LogP contribution < -0.4 is 16.4 Å². The summed E-state index contributed by atoms with van der Waals surface area (Å²) >= 11 is 12.5. The summed E-state index contributed by atoms with van der Waals surface area (Å²) in [5, 5.41) is 6.66. The monoisotopic (exact) mass is 419 g/mol. The van der Waals surface area contributed by atoms with Crippen LogP contribution in [0.4, 0.5) is 5.69 Å². The van der Waals surface area contributed by atoms with E-state index in [9.17, 15) is 9.59 Å². The van der Waals surface area contributed by atoms with Crippen LogP contribution in [0, 0.1) is 0 Å². The van der Waals surface area contributed by atoms with Crippen molar-refractivity contribution in [1.29, 1.82) is 0 Å². The van der Waals surface area contributed by atoms with Gasteiger partial charge in [0.15, 0.2) is 6.23 Å². The fourth-order valence-corrected chi connectivity index (χ4v) is 3.89. The molecular weight excluding hydrogens is 401 g/mol. The third-order valence-corrected chi connectivity index (χ3v) is 5.14. The standard InChI is InChI=1S/C20H19Cl2N3O3/c1-28-20-14(10-26)19(18-15(22)7-13(21)8-16(18)24-20)25-17(27)6-11-4-2-3-5-12(11)9-23/h2-5,7-8,19-20,24H,6,9,23H2,1H3,(H,25,27). The number of amides is 1. The molecule has 4 N–H and O–H groups in total. The second-order valence-electron chi connectivity index (χ2n) is 6.32. The molecule has 0 spiro atoms. The Morgan fingerprint density at radius 3 is 2.64 bits per heavy atom. The van der Waals surface area contributed by atoms with Crippen molar-refractivity contribution >= 4 is 40.7 Å². The lowest BCUT2D eigenvalue weighted by atomic mass is 9.92. The molecule has 2 aromatic rings. The van der Waals surface area contributed by atoms with Crippen LogP contribution >= 0.6 is 23.2 Å². The van der Waals surface area contributed by atoms with E-state index in [1.807, 2.05) is 30.2 Å². The normalized spacial score (nSPS) is 18.1. The van der Waals surface area contributed by atoms with Gasteiger partial charge in [0, 0.05) is 35.0 Å². The molecule has 0 radical (unpaired) electrons. The van der Waals surface area contributed by atoms with Crippen molar-refractivity contribution in [2.45, 2.75) is 25.2 Å². The summed E-state index contributed by atoms with van der Waals surface area (Å²) in [4.78, 5) is 24.4. The first-order valence-electron chi connectivity index (χ1n) is 8.57. The van der Waals surface area contributed by atoms with Gasteiger partial charge in [-0.05, 0) is 23.3 Å². The number of rotatable bonds is 5. The van der Waals surface area contributed by atoms with E-state index < -0.39 is 12.3 Å². The minimum absolute atomic E-state index is 0.113. The maximum absolute atomic E-state index is 12.8. The van der Waals surface area contributed by atoms with Crippen molar-refractivity contribution in [3.05, 3.63) is 68.7 Å². The van der Waals surface area contributed by atoms with Crippen molar-refractivity contribution in [2.75, 3.05) is 12.4 Å². The van der Waals surface area contributed by atoms with Crippen LogP contribution in [0.3, 0.4) is 0 Å². The molecule has 3 rings (SSSR count). The molecule has 0 aliphatic carbocycles. The summed E-state index contributed by atoms with van der Waals surface area (Å²) in [7, 11) is 1.45. The van der Waals surface area contributed by atoms with E-state index in [4.69, 9.17) is 33.7 Å². The maximum Gasteiger partial charge on any atom is 0.225 e. The molecule has 28 heavy (non-hydrogen) atoms. The van der Waals surface area contributed by atoms with E-state index in [0.29, 0.717) is 27.8 Å². The number of hydrogen-bond acceptors (Lipinski definition) is 5. The van der Waals surface area contributed by atoms with Gasteiger partial charge in [-0.2, -0.15) is 0 Å². The number of anilines is 1. The first-order valence-corrected chi connectivity index (χ1v) is 9.33. The number of fused-ring (bicyclic) bond motifs is 1. The number of ether oxygens (including phenoxy) is 1. The highest BCUT2D eigenvalue weighted by molar-refractivity contribution is 6.35. The van der Waals surface area contributed by atoms with Gasteiger partial charge in [0.2, 0.25) is 5.91 Å². The largest absolute Gasteiger partial charge is 0.357 e. The topological polar surface area (TPSA) is 93.4 Å². The van der Waals surface area contributed by atoms with Gasteiger partial charge in [-0.15, -0.1) is 0 Å². The van der Waals surface area contributed by atoms with Crippen LogP contribution in [0.5, 0.6) is 0 Å². The average molecular weight is 420 g/mol. The zero-order chi connectivity index (χ0) is 20.3. The van der Waals surface area contributed by atoms with Gasteiger partial charge in [0.1, 0.15) is 5.94 Å². The number of nitrogens with two attached hydrogens (primary N) is 1. The predicted molar refractivity (Wildman–Crippen MR) is 109 cm³/mol. The highest BCUT2D eigenvalue weighted by Gasteiger charge is 2.36. The first kappa shape index (κ1) is 20.4. The minimum atomic E-state index is -0.791. The SMILES string of the molecule is COC1Nc2cc(Cl)cc(Cl)c2C(NC(=O)Cc2ccccc2CN)C1=C=O. The molecule has 0 bridgehead atoms. The Balaban J connectivity index is 1.95. The Morgan fingerprint density at radius 1 is 1.29 bits per heavy atom. The Bertz CT molecular complexity index is 958. The molecule has 2 unspecified atom stereocenters. The third kappa shape index (κ3) is 4.07. The summed E-state index contributed by atoms with van der Waals surface area (Å²) in [6.45, 7) is 0.329. The molecule has 1 aliphatic heterocycles. The molecule has 2 atom stereocenters. The second-order valence-corrected chi connectivity index (χ2v) is 7.16. The second kappa shape index (κ2) is 8.78. The third-order valence-electron chi connectivity index (χ3n) is 4.61. The van der Waals surface area contributed by atoms with Crippen LogP contribution in [0.1, 0.15) is 22.7 Å². The zero-order valence-electron chi connectivity index (χ0n) is 15.1. The lowest BCUT2D eigenvalue weighted by molar-refractivity contribution is -0.121. The van der Waals surface area contributed by atoms with E-state index in [1.165, 1.54) is 7.11 Å². The Labute approximate surface area is 172 Å². The molecular formula is C20H19Cl2N3O3. The van der Waals surface area contributed by atoms with Crippen molar-refractivity contribution in [3.8, 4) is 0 Å². The van der Waals surface area contributed by atoms with Crippen LogP contribution in [0.15, 0.2) is 42.0 Å². The van der Waals surface area contributed by atoms with Gasteiger partial charge < -0.3 is 21.1 Å². The van der Waals surface area contributed by atoms with Crippen LogP contribution in [0.2, 0.25) is 10.0 Å². The molecule has 1 heterocycles. The number of nitrogens with one attached hydrogen (secondary N) is 2. The molecule has 2 aromatic carbocycles. The fourth-order valence-electron chi connectivity index (χ4n) is 3.29. The van der Waals surface area contributed by atoms with Gasteiger partial charge in [-0.1, -0.05) is 47.5 Å². The molecule has 0 fully saturated rings. The average Bonchev–Trinajstić information content (AvgIpc) is 2.67. The Hall–Kier alpha value is -2.34. The Kier molecular flexibility index (Phi) is 6.39. The molecule has 1 amide bonds. The van der Waals surface area contributed by atoms with E-state index in [-0.39, 0.29) is 17.9 Å². The van der Waals surface area contributed by atoms with E-state index in [2.05, 4.69) is 10.6 Å². The molecule has 0 saturated heterocycles. The quantitative estimate of drug-likeness (QED) is 0.647. The first-order chi connectivity index (χ1) is 13.5. The van der Waals surface area contributed by atoms with Gasteiger partial charge in [-0.3, -0.25) is 4.79 Å². The van der Waals surface area contributed by atoms with E-state index >= 15 is 0 Å². The predicted octanol–water partition coefficient (Wildman–Crippen LogP) is 3.01. The van der Waals surface area contributed by atoms with E-state index in [0.717, 1.165) is 11.1 Å². The number of carbonyl (C=O) groups excluding carboxylic acids is 2. The maximum atomic E-state index is 12.8. The van der Waals surface area contributed by atoms with Crippen LogP contribution in [0.25, 0.3) is 0 Å². The summed E-state index contributed by atoms with van der Waals surface area (Å²) in [5.41, 5.74) is 8.76. The zero-order valence-corrected chi connectivity index (χ0v) is 16.6. The fraction of sp³-hybridized carbons (Fsp3) is 0.250. The molecule has 8 heteroatoms. The van der Waals surface area contributed by atoms with Gasteiger partial charge in [-0.25, -0.2) is 4.79 Å². The smallest absolute Gasteiger partial charge is 0.225 e. The molecule has 0 aromatic heterocycles. The number of hydrogen-bond donors (Lipinski definition) is 3. The number of methoxy groups -OCH3 is 1. The minimum Gasteiger partial charge on any atom is -0.357 e. The van der Waals surface area contributed by atoms with Gasteiger partial charge >= 0.3 is 0 Å². The highest BCUT2D eigenvalue weighted by atomic mass is 35.5. The summed E-state index contributed by atoms with van der Waals surface area (Å²) in [5.74, 6) is 1.60. The Morgan fingerprint density at radius 2 is 2.00 bits per heavy atom. The number of carbonyl (C=O) groups is 1. The van der Waals surface area contributed by atoms with Crippen LogP contribution in [-0.4, -0.2) is 25.2 Å². The summed E-state index contributed by atoms with van der Waals surface area (Å²) in [6, 6.07) is 9.87. The molecule has 0 saturated carbocycles. The van der Waals surface area contributed by atoms with Crippen molar-refractivity contribution in [3.63, 3.8) is 0 Å². The lowest BCUT2D eigenvalue weighted by Gasteiger charge is -2.34. The summed E-state index contributed by atoms with van der Waals surface area (Å²) < 4.78 is 5.33. The van der Waals surface area contributed by atoms with Crippen molar-refractivity contribution in [2.24, 2.45) is 5.73 Å². The van der Waals surface area contributed by atoms with Crippen LogP contribution in [-0.2, 0) is 27.3 Å². The molecule has 1 aliphatic rings. The number of benzene rings is 2.